The third-order valence-electron chi connectivity index (χ3n) is 1.71. The van der Waals surface area contributed by atoms with Crippen molar-refractivity contribution in [1.82, 2.24) is 15.0 Å². The molecule has 0 spiro atoms. The number of nitrogens with zero attached hydrogens (tertiary/aromatic N) is 3. The smallest absolute Gasteiger partial charge is 0.148 e. The molecular weight excluding hydrogens is 169 g/mol. The predicted octanol–water partition coefficient (Wildman–Crippen LogP) is 1.71. The SMILES string of the molecule is Cc1cn(-c2ccccc2F)nn1. The molecule has 0 aliphatic heterocycles. The van der Waals surface area contributed by atoms with Crippen LogP contribution in [0.3, 0.4) is 0 Å². The molecule has 0 N–H and O–H groups in total. The second-order valence-corrected chi connectivity index (χ2v) is 2.76. The van der Waals surface area contributed by atoms with E-state index in [0.29, 0.717) is 5.69 Å². The quantitative estimate of drug-likeness (QED) is 0.664. The summed E-state index contributed by atoms with van der Waals surface area (Å²) in [5.41, 5.74) is 1.19. The summed E-state index contributed by atoms with van der Waals surface area (Å²) in [6.07, 6.45) is 1.68. The summed E-state index contributed by atoms with van der Waals surface area (Å²) in [7, 11) is 0. The van der Waals surface area contributed by atoms with Crippen LogP contribution < -0.4 is 0 Å². The molecule has 0 amide bonds. The van der Waals surface area contributed by atoms with Crippen LogP contribution in [-0.2, 0) is 0 Å². The Morgan fingerprint density at radius 1 is 1.31 bits per heavy atom. The number of benzene rings is 1. The summed E-state index contributed by atoms with van der Waals surface area (Å²) in [5.74, 6) is -0.299. The van der Waals surface area contributed by atoms with Crippen molar-refractivity contribution in [3.8, 4) is 5.69 Å². The Labute approximate surface area is 74.8 Å². The molecule has 0 saturated heterocycles. The van der Waals surface area contributed by atoms with Crippen LogP contribution in [0.1, 0.15) is 5.69 Å². The van der Waals surface area contributed by atoms with Gasteiger partial charge in [-0.2, -0.15) is 0 Å². The highest BCUT2D eigenvalue weighted by Gasteiger charge is 2.03. The Kier molecular flexibility index (Phi) is 1.81. The Balaban J connectivity index is 2.52. The lowest BCUT2D eigenvalue weighted by Gasteiger charge is -1.99. The molecule has 0 radical (unpaired) electrons. The van der Waals surface area contributed by atoms with Crippen LogP contribution in [0.2, 0.25) is 0 Å². The van der Waals surface area contributed by atoms with Crippen molar-refractivity contribution < 1.29 is 4.39 Å². The second kappa shape index (κ2) is 2.97. The van der Waals surface area contributed by atoms with Gasteiger partial charge >= 0.3 is 0 Å². The first kappa shape index (κ1) is 7.91. The average molecular weight is 177 g/mol. The number of halogens is 1. The van der Waals surface area contributed by atoms with Gasteiger partial charge in [0, 0.05) is 0 Å². The summed E-state index contributed by atoms with van der Waals surface area (Å²) >= 11 is 0. The lowest BCUT2D eigenvalue weighted by atomic mass is 10.3. The van der Waals surface area contributed by atoms with E-state index in [0.717, 1.165) is 5.69 Å². The minimum atomic E-state index is -0.299. The van der Waals surface area contributed by atoms with Crippen LogP contribution in [0, 0.1) is 12.7 Å². The summed E-state index contributed by atoms with van der Waals surface area (Å²) in [6, 6.07) is 6.45. The van der Waals surface area contributed by atoms with Gasteiger partial charge in [0.15, 0.2) is 0 Å². The van der Waals surface area contributed by atoms with E-state index in [-0.39, 0.29) is 5.82 Å². The molecule has 13 heavy (non-hydrogen) atoms. The minimum absolute atomic E-state index is 0.299. The molecule has 0 saturated carbocycles. The number of hydrogen-bond donors (Lipinski definition) is 0. The molecule has 0 aliphatic rings. The highest BCUT2D eigenvalue weighted by molar-refractivity contribution is 5.31. The van der Waals surface area contributed by atoms with Crippen LogP contribution in [0.25, 0.3) is 5.69 Å². The summed E-state index contributed by atoms with van der Waals surface area (Å²) in [5, 5.41) is 7.55. The molecule has 1 aromatic carbocycles. The van der Waals surface area contributed by atoms with Crippen molar-refractivity contribution >= 4 is 0 Å². The van der Waals surface area contributed by atoms with Gasteiger partial charge in [0.2, 0.25) is 0 Å². The standard InChI is InChI=1S/C9H8FN3/c1-7-6-13(12-11-7)9-5-3-2-4-8(9)10/h2-6H,1H3. The predicted molar refractivity (Wildman–Crippen MR) is 46.1 cm³/mol. The van der Waals surface area contributed by atoms with Gasteiger partial charge in [0.25, 0.3) is 0 Å². The maximum Gasteiger partial charge on any atom is 0.148 e. The highest BCUT2D eigenvalue weighted by atomic mass is 19.1. The first-order valence-electron chi connectivity index (χ1n) is 3.91. The molecule has 1 heterocycles. The molecule has 0 unspecified atom stereocenters. The third kappa shape index (κ3) is 1.42. The van der Waals surface area contributed by atoms with E-state index in [2.05, 4.69) is 10.3 Å². The topological polar surface area (TPSA) is 30.7 Å². The van der Waals surface area contributed by atoms with E-state index in [1.165, 1.54) is 10.7 Å². The first-order chi connectivity index (χ1) is 6.27. The van der Waals surface area contributed by atoms with Crippen LogP contribution in [0.15, 0.2) is 30.5 Å². The van der Waals surface area contributed by atoms with Crippen molar-refractivity contribution in [2.75, 3.05) is 0 Å². The third-order valence-corrected chi connectivity index (χ3v) is 1.71. The lowest BCUT2D eigenvalue weighted by Crippen LogP contribution is -1.97. The number of hydrogen-bond acceptors (Lipinski definition) is 2. The number of aromatic nitrogens is 3. The van der Waals surface area contributed by atoms with Crippen molar-refractivity contribution in [3.63, 3.8) is 0 Å². The van der Waals surface area contributed by atoms with Gasteiger partial charge in [-0.1, -0.05) is 17.3 Å². The Hall–Kier alpha value is -1.71. The molecule has 3 nitrogen and oxygen atoms in total. The fourth-order valence-corrected chi connectivity index (χ4v) is 1.10. The van der Waals surface area contributed by atoms with Gasteiger partial charge < -0.3 is 0 Å². The fourth-order valence-electron chi connectivity index (χ4n) is 1.10. The van der Waals surface area contributed by atoms with E-state index in [1.807, 2.05) is 6.92 Å². The Morgan fingerprint density at radius 2 is 2.08 bits per heavy atom. The van der Waals surface area contributed by atoms with Crippen LogP contribution in [-0.4, -0.2) is 15.0 Å². The molecule has 66 valence electrons. The van der Waals surface area contributed by atoms with Gasteiger partial charge in [0.1, 0.15) is 11.5 Å². The second-order valence-electron chi connectivity index (χ2n) is 2.76. The molecule has 4 heteroatoms. The summed E-state index contributed by atoms with van der Waals surface area (Å²) in [4.78, 5) is 0. The molecule has 0 aliphatic carbocycles. The lowest BCUT2D eigenvalue weighted by molar-refractivity contribution is 0.607. The number of rotatable bonds is 1. The Morgan fingerprint density at radius 3 is 2.69 bits per heavy atom. The minimum Gasteiger partial charge on any atom is -0.218 e. The van der Waals surface area contributed by atoms with Gasteiger partial charge in [-0.25, -0.2) is 9.07 Å². The van der Waals surface area contributed by atoms with Crippen LogP contribution >= 0.6 is 0 Å². The fraction of sp³-hybridized carbons (Fsp3) is 0.111. The van der Waals surface area contributed by atoms with Gasteiger partial charge in [-0.15, -0.1) is 5.10 Å². The first-order valence-corrected chi connectivity index (χ1v) is 3.91. The summed E-state index contributed by atoms with van der Waals surface area (Å²) < 4.78 is 14.6. The van der Waals surface area contributed by atoms with E-state index >= 15 is 0 Å². The Bertz CT molecular complexity index is 422. The van der Waals surface area contributed by atoms with Gasteiger partial charge in [-0.3, -0.25) is 0 Å². The van der Waals surface area contributed by atoms with E-state index in [1.54, 1.807) is 24.4 Å². The largest absolute Gasteiger partial charge is 0.218 e. The van der Waals surface area contributed by atoms with Gasteiger partial charge in [-0.05, 0) is 19.1 Å². The molecule has 2 aromatic rings. The van der Waals surface area contributed by atoms with Crippen molar-refractivity contribution in [2.24, 2.45) is 0 Å². The average Bonchev–Trinajstić information content (AvgIpc) is 2.53. The zero-order valence-electron chi connectivity index (χ0n) is 7.11. The van der Waals surface area contributed by atoms with Crippen molar-refractivity contribution in [1.29, 1.82) is 0 Å². The molecule has 0 fully saturated rings. The summed E-state index contributed by atoms with van der Waals surface area (Å²) in [6.45, 7) is 1.81. The molecule has 0 bridgehead atoms. The molecule has 0 atom stereocenters. The van der Waals surface area contributed by atoms with E-state index in [9.17, 15) is 4.39 Å². The van der Waals surface area contributed by atoms with Gasteiger partial charge in [0.05, 0.1) is 11.9 Å². The highest BCUT2D eigenvalue weighted by Crippen LogP contribution is 2.10. The van der Waals surface area contributed by atoms with Crippen LogP contribution in [0.5, 0.6) is 0 Å². The number of para-hydroxylation sites is 1. The zero-order chi connectivity index (χ0) is 9.26. The molecule has 2 rings (SSSR count). The molecule has 1 aromatic heterocycles. The van der Waals surface area contributed by atoms with Crippen LogP contribution in [0.4, 0.5) is 4.39 Å². The number of aryl methyl sites for hydroxylation is 1. The van der Waals surface area contributed by atoms with E-state index < -0.39 is 0 Å². The van der Waals surface area contributed by atoms with Crippen molar-refractivity contribution in [3.05, 3.63) is 42.0 Å². The maximum atomic E-state index is 13.2. The molecular formula is C9H8FN3. The monoisotopic (exact) mass is 177 g/mol. The normalized spacial score (nSPS) is 10.3. The van der Waals surface area contributed by atoms with Crippen molar-refractivity contribution in [2.45, 2.75) is 6.92 Å². The zero-order valence-corrected chi connectivity index (χ0v) is 7.11. The van der Waals surface area contributed by atoms with E-state index in [4.69, 9.17) is 0 Å². The maximum absolute atomic E-state index is 13.2.